The van der Waals surface area contributed by atoms with E-state index in [4.69, 9.17) is 9.47 Å². The summed E-state index contributed by atoms with van der Waals surface area (Å²) in [6.45, 7) is 0. The van der Waals surface area contributed by atoms with E-state index in [9.17, 15) is 9.59 Å². The summed E-state index contributed by atoms with van der Waals surface area (Å²) in [5.74, 6) is 0.255. The van der Waals surface area contributed by atoms with E-state index >= 15 is 0 Å². The van der Waals surface area contributed by atoms with Crippen molar-refractivity contribution in [1.82, 2.24) is 0 Å². The van der Waals surface area contributed by atoms with Crippen LogP contribution >= 0.6 is 31.9 Å². The first-order valence-electron chi connectivity index (χ1n) is 6.42. The number of ketones is 2. The molecule has 3 rings (SSSR count). The zero-order valence-corrected chi connectivity index (χ0v) is 14.4. The number of alkyl halides is 2. The molecule has 22 heavy (non-hydrogen) atoms. The van der Waals surface area contributed by atoms with Crippen LogP contribution in [0.2, 0.25) is 0 Å². The fourth-order valence-electron chi connectivity index (χ4n) is 2.52. The molecule has 0 spiro atoms. The van der Waals surface area contributed by atoms with E-state index in [0.717, 1.165) is 0 Å². The lowest BCUT2D eigenvalue weighted by molar-refractivity contribution is 0.0973. The molecule has 0 radical (unpaired) electrons. The van der Waals surface area contributed by atoms with Crippen LogP contribution in [0.1, 0.15) is 31.8 Å². The fraction of sp³-hybridized carbons (Fsp3) is 0.125. The summed E-state index contributed by atoms with van der Waals surface area (Å²) in [4.78, 5) is 25.6. The van der Waals surface area contributed by atoms with Crippen LogP contribution in [0.4, 0.5) is 0 Å². The van der Waals surface area contributed by atoms with Crippen LogP contribution in [0.15, 0.2) is 36.4 Å². The van der Waals surface area contributed by atoms with E-state index in [-0.39, 0.29) is 33.7 Å². The quantitative estimate of drug-likeness (QED) is 0.594. The van der Waals surface area contributed by atoms with Crippen LogP contribution in [0.5, 0.6) is 11.5 Å². The summed E-state index contributed by atoms with van der Waals surface area (Å²) in [7, 11) is 0. The van der Waals surface area contributed by atoms with Gasteiger partial charge in [0.15, 0.2) is 11.6 Å². The fourth-order valence-corrected chi connectivity index (χ4v) is 3.02. The first kappa shape index (κ1) is 15.2. The van der Waals surface area contributed by atoms with Crippen LogP contribution in [-0.2, 0) is 0 Å². The molecule has 0 unspecified atom stereocenters. The van der Waals surface area contributed by atoms with Crippen molar-refractivity contribution in [2.75, 3.05) is 11.0 Å². The largest absolute Gasteiger partial charge is 0.482 e. The van der Waals surface area contributed by atoms with Crippen molar-refractivity contribution in [3.05, 3.63) is 58.7 Å². The maximum Gasteiger partial charge on any atom is 0.198 e. The van der Waals surface area contributed by atoms with Crippen molar-refractivity contribution < 1.29 is 19.1 Å². The Morgan fingerprint density at radius 2 is 1.14 bits per heavy atom. The molecule has 0 bridgehead atoms. The van der Waals surface area contributed by atoms with Crippen LogP contribution in [0, 0.1) is 0 Å². The highest BCUT2D eigenvalue weighted by molar-refractivity contribution is 9.09. The summed E-state index contributed by atoms with van der Waals surface area (Å²) in [5.41, 5.74) is 1.72. The van der Waals surface area contributed by atoms with Gasteiger partial charge in [0, 0.05) is 11.1 Å². The molecule has 0 atom stereocenters. The lowest BCUT2D eigenvalue weighted by Gasteiger charge is -2.22. The van der Waals surface area contributed by atoms with Gasteiger partial charge in [-0.1, -0.05) is 24.3 Å². The van der Waals surface area contributed by atoms with Gasteiger partial charge in [-0.15, -0.1) is 0 Å². The summed E-state index contributed by atoms with van der Waals surface area (Å²) < 4.78 is 10.9. The molecule has 0 saturated carbocycles. The zero-order valence-electron chi connectivity index (χ0n) is 11.3. The molecule has 6 heteroatoms. The molecule has 2 aromatic carbocycles. The van der Waals surface area contributed by atoms with Gasteiger partial charge in [0.25, 0.3) is 0 Å². The average molecular weight is 426 g/mol. The minimum atomic E-state index is -0.235. The topological polar surface area (TPSA) is 52.6 Å². The van der Waals surface area contributed by atoms with Gasteiger partial charge in [0.2, 0.25) is 0 Å². The van der Waals surface area contributed by atoms with Gasteiger partial charge in [0.1, 0.15) is 22.5 Å². The predicted molar refractivity (Wildman–Crippen MR) is 88.6 cm³/mol. The molecular weight excluding hydrogens is 416 g/mol. The van der Waals surface area contributed by atoms with E-state index in [1.54, 1.807) is 36.4 Å². The molecule has 1 aliphatic rings. The third-order valence-electron chi connectivity index (χ3n) is 3.42. The third-order valence-corrected chi connectivity index (χ3v) is 3.88. The predicted octanol–water partition coefficient (Wildman–Crippen LogP) is 3.92. The molecule has 0 aromatic heterocycles. The molecule has 0 heterocycles. The number of carbonyl (C=O) groups excluding carboxylic acids is 2. The van der Waals surface area contributed by atoms with Crippen molar-refractivity contribution in [1.29, 1.82) is 0 Å². The van der Waals surface area contributed by atoms with Crippen molar-refractivity contribution in [2.45, 2.75) is 0 Å². The number of halogens is 2. The van der Waals surface area contributed by atoms with Crippen LogP contribution < -0.4 is 9.47 Å². The normalized spacial score (nSPS) is 12.6. The molecule has 2 aromatic rings. The SMILES string of the molecule is O=C1c2ccccc2C(=O)c2c(OCBr)ccc(OCBr)c21. The maximum absolute atomic E-state index is 12.8. The highest BCUT2D eigenvalue weighted by Crippen LogP contribution is 2.38. The number of hydrogen-bond donors (Lipinski definition) is 0. The molecule has 0 amide bonds. The molecule has 1 aliphatic carbocycles. The number of rotatable bonds is 4. The number of fused-ring (bicyclic) bond motifs is 2. The van der Waals surface area contributed by atoms with Gasteiger partial charge in [-0.25, -0.2) is 0 Å². The Hall–Kier alpha value is -1.66. The average Bonchev–Trinajstić information content (AvgIpc) is 2.54. The van der Waals surface area contributed by atoms with Crippen LogP contribution in [0.25, 0.3) is 0 Å². The van der Waals surface area contributed by atoms with E-state index in [1.807, 2.05) is 0 Å². The molecule has 0 fully saturated rings. The van der Waals surface area contributed by atoms with E-state index < -0.39 is 0 Å². The Balaban J connectivity index is 2.29. The molecular formula is C16H10Br2O4. The minimum Gasteiger partial charge on any atom is -0.482 e. The molecule has 0 saturated heterocycles. The van der Waals surface area contributed by atoms with Crippen molar-refractivity contribution in [2.24, 2.45) is 0 Å². The molecule has 4 nitrogen and oxygen atoms in total. The Kier molecular flexibility index (Phi) is 4.31. The standard InChI is InChI=1S/C16H10Br2O4/c17-7-21-11-5-6-12(22-8-18)14-13(11)15(19)9-3-1-2-4-10(9)16(14)20/h1-6H,7-8H2. The molecule has 0 aliphatic heterocycles. The number of carbonyl (C=O) groups is 2. The van der Waals surface area contributed by atoms with Gasteiger partial charge in [0.05, 0.1) is 11.1 Å². The van der Waals surface area contributed by atoms with E-state index in [2.05, 4.69) is 31.9 Å². The van der Waals surface area contributed by atoms with Crippen LogP contribution in [-0.4, -0.2) is 22.6 Å². The Bertz CT molecular complexity index is 707. The van der Waals surface area contributed by atoms with E-state index in [1.165, 1.54) is 0 Å². The number of hydrogen-bond acceptors (Lipinski definition) is 4. The number of ether oxygens (including phenoxy) is 2. The van der Waals surface area contributed by atoms with Gasteiger partial charge in [-0.3, -0.25) is 9.59 Å². The summed E-state index contributed by atoms with van der Waals surface area (Å²) in [6, 6.07) is 10.0. The Morgan fingerprint density at radius 1 is 0.727 bits per heavy atom. The second kappa shape index (κ2) is 6.22. The van der Waals surface area contributed by atoms with Gasteiger partial charge < -0.3 is 9.47 Å². The zero-order chi connectivity index (χ0) is 15.7. The highest BCUT2D eigenvalue weighted by atomic mass is 79.9. The smallest absolute Gasteiger partial charge is 0.198 e. The summed E-state index contributed by atoms with van der Waals surface area (Å²) in [5, 5.41) is 0. The second-order valence-electron chi connectivity index (χ2n) is 4.52. The Morgan fingerprint density at radius 3 is 1.50 bits per heavy atom. The first-order chi connectivity index (χ1) is 10.7. The second-order valence-corrected chi connectivity index (χ2v) is 5.44. The van der Waals surface area contributed by atoms with Gasteiger partial charge in [-0.2, -0.15) is 0 Å². The molecule has 0 N–H and O–H groups in total. The monoisotopic (exact) mass is 424 g/mol. The first-order valence-corrected chi connectivity index (χ1v) is 8.66. The minimum absolute atomic E-state index is 0.223. The lowest BCUT2D eigenvalue weighted by atomic mass is 9.83. The summed E-state index contributed by atoms with van der Waals surface area (Å²) >= 11 is 6.35. The van der Waals surface area contributed by atoms with Gasteiger partial charge >= 0.3 is 0 Å². The highest BCUT2D eigenvalue weighted by Gasteiger charge is 2.35. The maximum atomic E-state index is 12.8. The lowest BCUT2D eigenvalue weighted by Crippen LogP contribution is -2.22. The van der Waals surface area contributed by atoms with Crippen LogP contribution in [0.3, 0.4) is 0 Å². The summed E-state index contributed by atoms with van der Waals surface area (Å²) in [6.07, 6.45) is 0. The van der Waals surface area contributed by atoms with Crippen molar-refractivity contribution >= 4 is 43.4 Å². The third kappa shape index (κ3) is 2.36. The van der Waals surface area contributed by atoms with Gasteiger partial charge in [-0.05, 0) is 44.0 Å². The number of benzene rings is 2. The molecule has 112 valence electrons. The van der Waals surface area contributed by atoms with Crippen molar-refractivity contribution in [3.63, 3.8) is 0 Å². The van der Waals surface area contributed by atoms with Crippen molar-refractivity contribution in [3.8, 4) is 11.5 Å². The Labute approximate surface area is 143 Å². The van der Waals surface area contributed by atoms with E-state index in [0.29, 0.717) is 22.6 Å².